The molecule has 1 saturated heterocycles. The molecule has 2 aromatic rings. The number of anilines is 2. The molecule has 8 heteroatoms. The lowest BCUT2D eigenvalue weighted by Crippen LogP contribution is -2.40. The van der Waals surface area contributed by atoms with Crippen molar-refractivity contribution in [3.05, 3.63) is 30.5 Å². The van der Waals surface area contributed by atoms with Crippen LogP contribution in [0.3, 0.4) is 0 Å². The molecule has 1 fully saturated rings. The van der Waals surface area contributed by atoms with Crippen LogP contribution in [0, 0.1) is 6.92 Å². The van der Waals surface area contributed by atoms with E-state index in [-0.39, 0.29) is 6.04 Å². The van der Waals surface area contributed by atoms with E-state index in [1.54, 1.807) is 6.20 Å². The topological polar surface area (TPSA) is 53.3 Å². The van der Waals surface area contributed by atoms with Gasteiger partial charge in [0.2, 0.25) is 5.95 Å². The molecular formula is C19H30FN7. The molecule has 3 heterocycles. The first-order chi connectivity index (χ1) is 12.9. The summed E-state index contributed by atoms with van der Waals surface area (Å²) in [4.78, 5) is 19.4. The third-order valence-electron chi connectivity index (χ3n) is 5.07. The van der Waals surface area contributed by atoms with Gasteiger partial charge in [0.15, 0.2) is 0 Å². The molecule has 1 aliphatic rings. The summed E-state index contributed by atoms with van der Waals surface area (Å²) in [7, 11) is 5.93. The molecule has 2 aromatic heterocycles. The highest BCUT2D eigenvalue weighted by Gasteiger charge is 2.33. The normalized spacial score (nSPS) is 19.9. The minimum Gasteiger partial charge on any atom is -0.349 e. The molecule has 2 atom stereocenters. The zero-order valence-corrected chi connectivity index (χ0v) is 16.7. The Morgan fingerprint density at radius 1 is 1.22 bits per heavy atom. The number of aromatic nitrogens is 4. The number of hydrogen-bond acceptors (Lipinski definition) is 6. The number of nitrogens with zero attached hydrogens (tertiary/aromatic N) is 7. The van der Waals surface area contributed by atoms with Gasteiger partial charge in [0, 0.05) is 58.2 Å². The first kappa shape index (κ1) is 19.5. The minimum atomic E-state index is -0.810. The van der Waals surface area contributed by atoms with E-state index in [2.05, 4.69) is 36.4 Å². The fourth-order valence-electron chi connectivity index (χ4n) is 3.63. The average molecular weight is 375 g/mol. The Morgan fingerprint density at radius 2 is 2.04 bits per heavy atom. The van der Waals surface area contributed by atoms with Crippen molar-refractivity contribution in [1.29, 1.82) is 0 Å². The fraction of sp³-hybridized carbons (Fsp3) is 0.632. The van der Waals surface area contributed by atoms with Crippen LogP contribution < -0.4 is 9.80 Å². The lowest BCUT2D eigenvalue weighted by atomic mass is 10.2. The van der Waals surface area contributed by atoms with E-state index in [0.29, 0.717) is 18.9 Å². The monoisotopic (exact) mass is 375 g/mol. The summed E-state index contributed by atoms with van der Waals surface area (Å²) >= 11 is 0. The number of halogens is 1. The number of likely N-dealkylation sites (N-methyl/N-ethyl adjacent to an activating group) is 1. The molecule has 0 bridgehead atoms. The van der Waals surface area contributed by atoms with Crippen LogP contribution in [0.5, 0.6) is 0 Å². The molecule has 0 unspecified atom stereocenters. The van der Waals surface area contributed by atoms with Gasteiger partial charge in [-0.15, -0.1) is 0 Å². The Kier molecular flexibility index (Phi) is 6.26. The Hall–Kier alpha value is -2.22. The van der Waals surface area contributed by atoms with Crippen LogP contribution in [0.2, 0.25) is 0 Å². The summed E-state index contributed by atoms with van der Waals surface area (Å²) in [5, 5.41) is 0. The third kappa shape index (κ3) is 4.94. The van der Waals surface area contributed by atoms with Crippen molar-refractivity contribution in [1.82, 2.24) is 24.4 Å². The summed E-state index contributed by atoms with van der Waals surface area (Å²) < 4.78 is 16.3. The van der Waals surface area contributed by atoms with Gasteiger partial charge in [-0.3, -0.25) is 0 Å². The smallest absolute Gasteiger partial charge is 0.226 e. The Balaban J connectivity index is 1.57. The highest BCUT2D eigenvalue weighted by Crippen LogP contribution is 2.27. The minimum absolute atomic E-state index is 0.130. The summed E-state index contributed by atoms with van der Waals surface area (Å²) in [5.74, 6) is 2.50. The maximum Gasteiger partial charge on any atom is 0.226 e. The van der Waals surface area contributed by atoms with Gasteiger partial charge in [-0.2, -0.15) is 4.98 Å². The fourth-order valence-corrected chi connectivity index (χ4v) is 3.63. The van der Waals surface area contributed by atoms with Crippen LogP contribution in [0.15, 0.2) is 24.7 Å². The molecule has 0 aromatic carbocycles. The quantitative estimate of drug-likeness (QED) is 0.703. The van der Waals surface area contributed by atoms with Crippen LogP contribution in [0.4, 0.5) is 16.2 Å². The lowest BCUT2D eigenvalue weighted by molar-refractivity contribution is 0.287. The van der Waals surface area contributed by atoms with Crippen molar-refractivity contribution in [2.45, 2.75) is 38.5 Å². The molecule has 0 aliphatic carbocycles. The largest absolute Gasteiger partial charge is 0.349 e. The van der Waals surface area contributed by atoms with Gasteiger partial charge >= 0.3 is 0 Å². The Labute approximate surface area is 160 Å². The highest BCUT2D eigenvalue weighted by atomic mass is 19.1. The maximum atomic E-state index is 14.2. The molecule has 0 amide bonds. The zero-order chi connectivity index (χ0) is 19.4. The van der Waals surface area contributed by atoms with Gasteiger partial charge in [0.25, 0.3) is 0 Å². The van der Waals surface area contributed by atoms with E-state index in [9.17, 15) is 4.39 Å². The van der Waals surface area contributed by atoms with Crippen molar-refractivity contribution in [2.75, 3.05) is 50.6 Å². The first-order valence-corrected chi connectivity index (χ1v) is 9.51. The molecule has 27 heavy (non-hydrogen) atoms. The van der Waals surface area contributed by atoms with Gasteiger partial charge in [-0.1, -0.05) is 0 Å². The van der Waals surface area contributed by atoms with E-state index < -0.39 is 6.17 Å². The van der Waals surface area contributed by atoms with Crippen LogP contribution in [0.25, 0.3) is 0 Å². The number of rotatable bonds is 8. The van der Waals surface area contributed by atoms with E-state index in [1.807, 2.05) is 44.4 Å². The lowest BCUT2D eigenvalue weighted by Gasteiger charge is -2.29. The second-order valence-electron chi connectivity index (χ2n) is 7.53. The summed E-state index contributed by atoms with van der Waals surface area (Å²) in [6.45, 7) is 5.16. The van der Waals surface area contributed by atoms with Crippen molar-refractivity contribution in [3.8, 4) is 0 Å². The van der Waals surface area contributed by atoms with Crippen LogP contribution in [-0.4, -0.2) is 77.4 Å². The predicted molar refractivity (Wildman–Crippen MR) is 106 cm³/mol. The molecular weight excluding hydrogens is 345 g/mol. The third-order valence-corrected chi connectivity index (χ3v) is 5.07. The van der Waals surface area contributed by atoms with Crippen LogP contribution >= 0.6 is 0 Å². The highest BCUT2D eigenvalue weighted by molar-refractivity contribution is 5.45. The van der Waals surface area contributed by atoms with E-state index in [4.69, 9.17) is 0 Å². The van der Waals surface area contributed by atoms with Crippen LogP contribution in [-0.2, 0) is 6.54 Å². The molecule has 0 radical (unpaired) electrons. The summed E-state index contributed by atoms with van der Waals surface area (Å²) in [6, 6.07) is 2.00. The van der Waals surface area contributed by atoms with Gasteiger partial charge < -0.3 is 19.3 Å². The predicted octanol–water partition coefficient (Wildman–Crippen LogP) is 1.99. The van der Waals surface area contributed by atoms with Gasteiger partial charge in [-0.25, -0.2) is 14.4 Å². The van der Waals surface area contributed by atoms with E-state index in [0.717, 1.165) is 37.7 Å². The van der Waals surface area contributed by atoms with Gasteiger partial charge in [-0.05, 0) is 33.0 Å². The van der Waals surface area contributed by atoms with Crippen molar-refractivity contribution >= 4 is 11.8 Å². The molecule has 0 N–H and O–H groups in total. The van der Waals surface area contributed by atoms with Crippen molar-refractivity contribution in [2.24, 2.45) is 0 Å². The maximum absolute atomic E-state index is 14.2. The van der Waals surface area contributed by atoms with Crippen molar-refractivity contribution in [3.63, 3.8) is 0 Å². The van der Waals surface area contributed by atoms with Crippen LogP contribution in [0.1, 0.15) is 18.7 Å². The second-order valence-corrected chi connectivity index (χ2v) is 7.53. The van der Waals surface area contributed by atoms with E-state index in [1.165, 1.54) is 0 Å². The first-order valence-electron chi connectivity index (χ1n) is 9.51. The van der Waals surface area contributed by atoms with Crippen molar-refractivity contribution < 1.29 is 4.39 Å². The number of hydrogen-bond donors (Lipinski definition) is 0. The van der Waals surface area contributed by atoms with E-state index >= 15 is 0 Å². The van der Waals surface area contributed by atoms with Gasteiger partial charge in [0.05, 0.1) is 6.54 Å². The average Bonchev–Trinajstić information content (AvgIpc) is 3.20. The molecule has 148 valence electrons. The molecule has 1 aliphatic heterocycles. The number of aryl methyl sites for hydroxylation is 2. The molecule has 3 rings (SSSR count). The number of imidazole rings is 1. The Bertz CT molecular complexity index is 732. The SMILES string of the molecule is Cc1nccn1CCCN(C)C[C@@H]1C[C@H](F)CN1c1ccnc(N(C)C)n1. The zero-order valence-electron chi connectivity index (χ0n) is 16.7. The number of alkyl halides is 1. The van der Waals surface area contributed by atoms with Gasteiger partial charge in [0.1, 0.15) is 17.8 Å². The standard InChI is InChI=1S/C19H30FN7/c1-15-21-8-11-26(15)10-5-9-25(4)14-17-12-16(20)13-27(17)18-6-7-22-19(23-18)24(2)3/h6-8,11,16-17H,5,9-10,12-14H2,1-4H3/t16-,17-/m0/s1. The summed E-state index contributed by atoms with van der Waals surface area (Å²) in [6.07, 6.45) is 6.37. The Morgan fingerprint density at radius 3 is 2.74 bits per heavy atom. The summed E-state index contributed by atoms with van der Waals surface area (Å²) in [5.41, 5.74) is 0. The molecule has 0 saturated carbocycles. The second kappa shape index (κ2) is 8.65. The molecule has 0 spiro atoms. The molecule has 7 nitrogen and oxygen atoms in total.